The van der Waals surface area contributed by atoms with Crippen molar-refractivity contribution in [2.24, 2.45) is 0 Å². The first kappa shape index (κ1) is 15.1. The summed E-state index contributed by atoms with van der Waals surface area (Å²) in [7, 11) is 0. The molecule has 0 aliphatic carbocycles. The van der Waals surface area contributed by atoms with Gasteiger partial charge in [0, 0.05) is 0 Å². The minimum Gasteiger partial charge on any atom is -0.371 e. The number of benzene rings is 2. The molecule has 1 nitrogen and oxygen atoms in total. The Morgan fingerprint density at radius 3 is 2.00 bits per heavy atom. The van der Waals surface area contributed by atoms with E-state index in [9.17, 15) is 0 Å². The van der Waals surface area contributed by atoms with E-state index in [4.69, 9.17) is 4.74 Å². The Morgan fingerprint density at radius 2 is 1.36 bits per heavy atom. The lowest BCUT2D eigenvalue weighted by atomic mass is 10.0. The van der Waals surface area contributed by atoms with Crippen molar-refractivity contribution >= 4 is 0 Å². The topological polar surface area (TPSA) is 9.23 Å². The van der Waals surface area contributed by atoms with Crippen molar-refractivity contribution in [3.8, 4) is 0 Å². The molecule has 0 saturated carbocycles. The molecule has 1 heterocycles. The molecule has 0 saturated heterocycles. The van der Waals surface area contributed by atoms with E-state index >= 15 is 0 Å². The molecule has 3 rings (SSSR count). The summed E-state index contributed by atoms with van der Waals surface area (Å²) < 4.78 is 6.24. The monoisotopic (exact) mass is 292 g/mol. The van der Waals surface area contributed by atoms with Gasteiger partial charge in [0.25, 0.3) is 0 Å². The number of hydrogen-bond acceptors (Lipinski definition) is 1. The van der Waals surface area contributed by atoms with Crippen LogP contribution in [0.4, 0.5) is 0 Å². The van der Waals surface area contributed by atoms with Gasteiger partial charge >= 0.3 is 0 Å². The lowest BCUT2D eigenvalue weighted by molar-refractivity contribution is -0.00158. The maximum Gasteiger partial charge on any atom is 0.0762 e. The molecular weight excluding hydrogens is 268 g/mol. The van der Waals surface area contributed by atoms with Crippen molar-refractivity contribution in [2.45, 2.75) is 44.3 Å². The molecule has 0 bridgehead atoms. The van der Waals surface area contributed by atoms with Gasteiger partial charge in [-0.2, -0.15) is 0 Å². The summed E-state index contributed by atoms with van der Waals surface area (Å²) in [5, 5.41) is 0. The molecule has 0 fully saturated rings. The Kier molecular flexibility index (Phi) is 5.44. The molecule has 114 valence electrons. The normalized spacial score (nSPS) is 20.9. The van der Waals surface area contributed by atoms with E-state index in [1.165, 1.54) is 11.1 Å². The molecular formula is C21H24O. The van der Waals surface area contributed by atoms with Crippen LogP contribution < -0.4 is 0 Å². The molecule has 22 heavy (non-hydrogen) atoms. The summed E-state index contributed by atoms with van der Waals surface area (Å²) in [5.41, 5.74) is 2.80. The summed E-state index contributed by atoms with van der Waals surface area (Å²) in [6.07, 6.45) is 10.6. The first-order chi connectivity index (χ1) is 10.9. The Hall–Kier alpha value is -1.86. The summed E-state index contributed by atoms with van der Waals surface area (Å²) in [6.45, 7) is 0. The minimum atomic E-state index is 0.273. The van der Waals surface area contributed by atoms with Crippen molar-refractivity contribution in [3.05, 3.63) is 83.9 Å². The van der Waals surface area contributed by atoms with Crippen LogP contribution in [0.3, 0.4) is 0 Å². The van der Waals surface area contributed by atoms with E-state index in [1.54, 1.807) is 0 Å². The van der Waals surface area contributed by atoms with Crippen LogP contribution in [0.1, 0.15) is 30.4 Å². The van der Waals surface area contributed by atoms with Gasteiger partial charge in [-0.25, -0.2) is 0 Å². The molecule has 0 N–H and O–H groups in total. The average molecular weight is 292 g/mol. The van der Waals surface area contributed by atoms with E-state index in [2.05, 4.69) is 72.8 Å². The highest BCUT2D eigenvalue weighted by molar-refractivity contribution is 5.16. The highest BCUT2D eigenvalue weighted by atomic mass is 16.5. The first-order valence-corrected chi connectivity index (χ1v) is 8.30. The molecule has 0 unspecified atom stereocenters. The predicted octanol–water partition coefficient (Wildman–Crippen LogP) is 4.97. The third kappa shape index (κ3) is 4.57. The number of ether oxygens (including phenoxy) is 1. The quantitative estimate of drug-likeness (QED) is 0.683. The molecule has 1 heteroatoms. The average Bonchev–Trinajstić information content (AvgIpc) is 2.60. The van der Waals surface area contributed by atoms with Gasteiger partial charge in [-0.1, -0.05) is 72.8 Å². The minimum absolute atomic E-state index is 0.273. The van der Waals surface area contributed by atoms with Gasteiger partial charge in [0.15, 0.2) is 0 Å². The molecule has 2 aromatic rings. The zero-order valence-corrected chi connectivity index (χ0v) is 13.0. The zero-order chi connectivity index (χ0) is 15.0. The summed E-state index contributed by atoms with van der Waals surface area (Å²) in [4.78, 5) is 0. The van der Waals surface area contributed by atoms with Crippen LogP contribution in [-0.4, -0.2) is 12.2 Å². The Labute approximate surface area is 133 Å². The SMILES string of the molecule is C1=C[C@H](CCc2ccccc2)O[C@@H](CCc2ccccc2)C1. The largest absolute Gasteiger partial charge is 0.371 e. The fourth-order valence-electron chi connectivity index (χ4n) is 3.01. The fraction of sp³-hybridized carbons (Fsp3) is 0.333. The smallest absolute Gasteiger partial charge is 0.0762 e. The second-order valence-corrected chi connectivity index (χ2v) is 6.01. The molecule has 1 aliphatic heterocycles. The van der Waals surface area contributed by atoms with Gasteiger partial charge in [-0.15, -0.1) is 0 Å². The van der Waals surface area contributed by atoms with Gasteiger partial charge in [0.05, 0.1) is 12.2 Å². The van der Waals surface area contributed by atoms with Crippen LogP contribution in [0, 0.1) is 0 Å². The van der Waals surface area contributed by atoms with E-state index in [0.29, 0.717) is 6.10 Å². The summed E-state index contributed by atoms with van der Waals surface area (Å²) >= 11 is 0. The summed E-state index contributed by atoms with van der Waals surface area (Å²) in [6, 6.07) is 21.4. The van der Waals surface area contributed by atoms with Crippen LogP contribution in [-0.2, 0) is 17.6 Å². The van der Waals surface area contributed by atoms with Crippen LogP contribution in [0.2, 0.25) is 0 Å². The Bertz CT molecular complexity index is 573. The van der Waals surface area contributed by atoms with Crippen LogP contribution in [0.25, 0.3) is 0 Å². The van der Waals surface area contributed by atoms with Gasteiger partial charge in [0.1, 0.15) is 0 Å². The maximum absolute atomic E-state index is 6.24. The van der Waals surface area contributed by atoms with Gasteiger partial charge in [-0.3, -0.25) is 0 Å². The van der Waals surface area contributed by atoms with Crippen molar-refractivity contribution in [1.29, 1.82) is 0 Å². The van der Waals surface area contributed by atoms with Crippen molar-refractivity contribution in [1.82, 2.24) is 0 Å². The Morgan fingerprint density at radius 1 is 0.773 bits per heavy atom. The van der Waals surface area contributed by atoms with E-state index in [-0.39, 0.29) is 6.10 Å². The Balaban J connectivity index is 1.45. The molecule has 0 aromatic heterocycles. The molecule has 0 amide bonds. The van der Waals surface area contributed by atoms with Crippen molar-refractivity contribution in [2.75, 3.05) is 0 Å². The molecule has 1 aliphatic rings. The number of aryl methyl sites for hydroxylation is 2. The zero-order valence-electron chi connectivity index (χ0n) is 13.0. The standard InChI is InChI=1S/C21H24O/c1-3-8-18(9-4-1)14-16-20-12-7-13-21(22-20)17-15-19-10-5-2-6-11-19/h1-12,20-21H,13-17H2/t20-,21-/m1/s1. The maximum atomic E-state index is 6.24. The summed E-state index contributed by atoms with van der Waals surface area (Å²) in [5.74, 6) is 0. The fourth-order valence-corrected chi connectivity index (χ4v) is 3.01. The van der Waals surface area contributed by atoms with Crippen molar-refractivity contribution in [3.63, 3.8) is 0 Å². The van der Waals surface area contributed by atoms with Crippen LogP contribution >= 0.6 is 0 Å². The van der Waals surface area contributed by atoms with E-state index in [0.717, 1.165) is 32.1 Å². The van der Waals surface area contributed by atoms with Gasteiger partial charge in [0.2, 0.25) is 0 Å². The van der Waals surface area contributed by atoms with E-state index in [1.807, 2.05) is 0 Å². The van der Waals surface area contributed by atoms with Crippen LogP contribution in [0.15, 0.2) is 72.8 Å². The van der Waals surface area contributed by atoms with Gasteiger partial charge < -0.3 is 4.74 Å². The highest BCUT2D eigenvalue weighted by Gasteiger charge is 2.17. The third-order valence-corrected chi connectivity index (χ3v) is 4.28. The number of rotatable bonds is 6. The lowest BCUT2D eigenvalue weighted by Gasteiger charge is -2.26. The van der Waals surface area contributed by atoms with Crippen LogP contribution in [0.5, 0.6) is 0 Å². The second-order valence-electron chi connectivity index (χ2n) is 6.01. The second kappa shape index (κ2) is 7.95. The first-order valence-electron chi connectivity index (χ1n) is 8.30. The van der Waals surface area contributed by atoms with Crippen molar-refractivity contribution < 1.29 is 4.74 Å². The van der Waals surface area contributed by atoms with E-state index < -0.39 is 0 Å². The molecule has 0 radical (unpaired) electrons. The molecule has 2 aromatic carbocycles. The predicted molar refractivity (Wildman–Crippen MR) is 91.9 cm³/mol. The third-order valence-electron chi connectivity index (χ3n) is 4.28. The van der Waals surface area contributed by atoms with Gasteiger partial charge in [-0.05, 0) is 43.2 Å². The number of hydrogen-bond donors (Lipinski definition) is 0. The lowest BCUT2D eigenvalue weighted by Crippen LogP contribution is -2.25. The highest BCUT2D eigenvalue weighted by Crippen LogP contribution is 2.20. The molecule has 2 atom stereocenters. The molecule has 0 spiro atoms.